The molecule has 0 saturated heterocycles. The van der Waals surface area contributed by atoms with Crippen LogP contribution in [0.2, 0.25) is 0 Å². The highest BCUT2D eigenvalue weighted by atomic mass is 32.2. The highest BCUT2D eigenvalue weighted by molar-refractivity contribution is 8.13. The van der Waals surface area contributed by atoms with Gasteiger partial charge in [-0.3, -0.25) is 4.79 Å². The second-order valence-corrected chi connectivity index (χ2v) is 12.5. The molecule has 2 saturated carbocycles. The van der Waals surface area contributed by atoms with Crippen molar-refractivity contribution in [2.45, 2.75) is 70.3 Å². The van der Waals surface area contributed by atoms with E-state index in [1.54, 1.807) is 18.9 Å². The maximum absolute atomic E-state index is 12.3. The molecule has 1 aromatic carbocycles. The molecule has 7 heteroatoms. The highest BCUT2D eigenvalue weighted by Crippen LogP contribution is 2.67. The number of thioether (sulfide) groups is 1. The van der Waals surface area contributed by atoms with Gasteiger partial charge in [-0.2, -0.15) is 0 Å². The Morgan fingerprint density at radius 2 is 1.95 bits per heavy atom. The quantitative estimate of drug-likeness (QED) is 0.215. The van der Waals surface area contributed by atoms with Crippen molar-refractivity contribution in [3.8, 4) is 0 Å². The van der Waals surface area contributed by atoms with E-state index < -0.39 is 5.30 Å². The molecular formula is C31H39NO5S. The van der Waals surface area contributed by atoms with Crippen LogP contribution < -0.4 is 0 Å². The van der Waals surface area contributed by atoms with Gasteiger partial charge in [0.25, 0.3) is 0 Å². The summed E-state index contributed by atoms with van der Waals surface area (Å²) in [4.78, 5) is 28.8. The molecule has 0 aromatic heterocycles. The van der Waals surface area contributed by atoms with Gasteiger partial charge in [0.2, 0.25) is 0 Å². The first kappa shape index (κ1) is 27.4. The van der Waals surface area contributed by atoms with Crippen molar-refractivity contribution in [1.82, 2.24) is 0 Å². The van der Waals surface area contributed by atoms with Crippen LogP contribution in [0, 0.1) is 17.3 Å². The number of nitrogens with zero attached hydrogens (tertiary/aromatic N) is 1. The Morgan fingerprint density at radius 3 is 2.66 bits per heavy atom. The van der Waals surface area contributed by atoms with Gasteiger partial charge in [-0.05, 0) is 90.5 Å². The lowest BCUT2D eigenvalue weighted by atomic mass is 9.51. The average molecular weight is 538 g/mol. The first-order valence-electron chi connectivity index (χ1n) is 13.8. The SMILES string of the molecule is CCSC(=O)O/N=C/c1ccc(C2CC3(C)C(CC[C@]3(COC)OC)C3CCC4=CC(=O)CCC4=C23)cc1. The van der Waals surface area contributed by atoms with Gasteiger partial charge in [-0.15, -0.1) is 0 Å². The van der Waals surface area contributed by atoms with Gasteiger partial charge >= 0.3 is 5.30 Å². The summed E-state index contributed by atoms with van der Waals surface area (Å²) in [5, 5.41) is 3.46. The van der Waals surface area contributed by atoms with Crippen LogP contribution in [0.5, 0.6) is 0 Å². The fraction of sp³-hybridized carbons (Fsp3) is 0.581. The number of ketones is 1. The molecule has 5 atom stereocenters. The van der Waals surface area contributed by atoms with Crippen LogP contribution in [-0.2, 0) is 19.1 Å². The third-order valence-electron chi connectivity index (χ3n) is 9.72. The summed E-state index contributed by atoms with van der Waals surface area (Å²) in [6.45, 7) is 4.93. The first-order chi connectivity index (χ1) is 18.4. The standard InChI is InChI=1S/C31H39NO5S/c1-5-38-29(34)37-32-18-20-6-8-21(9-7-20)26-17-30(2)27(14-15-31(30,36-4)19-35-3)25-12-10-22-16-23(33)11-13-24(22)28(25)26/h6-9,16,18,25-27H,5,10-15,17,19H2,1-4H3/b32-18+/t25?,26?,27?,30?,31-/m1/s1. The van der Waals surface area contributed by atoms with Crippen LogP contribution in [0.3, 0.4) is 0 Å². The number of benzene rings is 1. The minimum atomic E-state index is -0.397. The zero-order chi connectivity index (χ0) is 26.9. The lowest BCUT2D eigenvalue weighted by Gasteiger charge is -2.55. The number of ether oxygens (including phenoxy) is 2. The number of carbonyl (C=O) groups is 2. The molecule has 5 rings (SSSR count). The lowest BCUT2D eigenvalue weighted by molar-refractivity contribution is -0.149. The van der Waals surface area contributed by atoms with Crippen molar-refractivity contribution >= 4 is 29.1 Å². The van der Waals surface area contributed by atoms with Crippen LogP contribution in [0.4, 0.5) is 4.79 Å². The molecule has 4 unspecified atom stereocenters. The Morgan fingerprint density at radius 1 is 1.16 bits per heavy atom. The summed E-state index contributed by atoms with van der Waals surface area (Å²) >= 11 is 1.09. The molecule has 2 fully saturated rings. The Balaban J connectivity index is 1.52. The van der Waals surface area contributed by atoms with Crippen LogP contribution in [-0.4, -0.2) is 49.5 Å². The molecule has 0 amide bonds. The fourth-order valence-electron chi connectivity index (χ4n) is 7.99. The zero-order valence-corrected chi connectivity index (χ0v) is 23.8. The molecule has 38 heavy (non-hydrogen) atoms. The van der Waals surface area contributed by atoms with Crippen molar-refractivity contribution in [2.24, 2.45) is 22.4 Å². The second kappa shape index (κ2) is 11.1. The number of rotatable bonds is 7. The van der Waals surface area contributed by atoms with E-state index >= 15 is 0 Å². The summed E-state index contributed by atoms with van der Waals surface area (Å²) in [6.07, 6.45) is 10.2. The first-order valence-corrected chi connectivity index (χ1v) is 14.8. The van der Waals surface area contributed by atoms with Gasteiger partial charge < -0.3 is 14.3 Å². The Bertz CT molecular complexity index is 1170. The molecule has 0 bridgehead atoms. The summed E-state index contributed by atoms with van der Waals surface area (Å²) in [7, 11) is 3.63. The normalized spacial score (nSPS) is 32.6. The minimum Gasteiger partial charge on any atom is -0.382 e. The number of carbonyl (C=O) groups excluding carboxylic acids is 2. The summed E-state index contributed by atoms with van der Waals surface area (Å²) in [6, 6.07) is 8.47. The van der Waals surface area contributed by atoms with Crippen molar-refractivity contribution < 1.29 is 23.9 Å². The van der Waals surface area contributed by atoms with Crippen LogP contribution in [0.15, 0.2) is 52.2 Å². The molecule has 6 nitrogen and oxygen atoms in total. The maximum atomic E-state index is 12.3. The second-order valence-electron chi connectivity index (χ2n) is 11.3. The van der Waals surface area contributed by atoms with Gasteiger partial charge in [0.1, 0.15) is 0 Å². The van der Waals surface area contributed by atoms with E-state index in [-0.39, 0.29) is 22.7 Å². The number of oxime groups is 1. The average Bonchev–Trinajstić information content (AvgIpc) is 3.20. The number of allylic oxidation sites excluding steroid dienone is 4. The van der Waals surface area contributed by atoms with E-state index in [9.17, 15) is 9.59 Å². The van der Waals surface area contributed by atoms with Gasteiger partial charge in [-0.25, -0.2) is 4.79 Å². The largest absolute Gasteiger partial charge is 0.393 e. The fourth-order valence-corrected chi connectivity index (χ4v) is 8.32. The smallest absolute Gasteiger partial charge is 0.382 e. The molecule has 0 spiro atoms. The zero-order valence-electron chi connectivity index (χ0n) is 23.0. The predicted octanol–water partition coefficient (Wildman–Crippen LogP) is 6.84. The monoisotopic (exact) mass is 537 g/mol. The van der Waals surface area contributed by atoms with Crippen LogP contribution in [0.25, 0.3) is 0 Å². The van der Waals surface area contributed by atoms with Gasteiger partial charge in [0, 0.05) is 37.7 Å². The van der Waals surface area contributed by atoms with Crippen molar-refractivity contribution in [1.29, 1.82) is 0 Å². The third kappa shape index (κ3) is 4.71. The van der Waals surface area contributed by atoms with E-state index in [0.29, 0.717) is 30.6 Å². The predicted molar refractivity (Wildman–Crippen MR) is 151 cm³/mol. The van der Waals surface area contributed by atoms with E-state index in [0.717, 1.165) is 55.9 Å². The van der Waals surface area contributed by atoms with Gasteiger partial charge in [0.15, 0.2) is 5.78 Å². The highest BCUT2D eigenvalue weighted by Gasteiger charge is 2.63. The lowest BCUT2D eigenvalue weighted by Crippen LogP contribution is -2.54. The Kier molecular flexibility index (Phi) is 7.99. The molecular weight excluding hydrogens is 498 g/mol. The molecule has 1 aromatic rings. The van der Waals surface area contributed by atoms with E-state index in [2.05, 4.69) is 24.2 Å². The minimum absolute atomic E-state index is 0.0197. The van der Waals surface area contributed by atoms with E-state index in [1.807, 2.05) is 32.2 Å². The maximum Gasteiger partial charge on any atom is 0.393 e. The molecule has 0 N–H and O–H groups in total. The number of fused-ring (bicyclic) bond motifs is 4. The number of methoxy groups -OCH3 is 2. The number of hydrogen-bond acceptors (Lipinski definition) is 7. The summed E-state index contributed by atoms with van der Waals surface area (Å²) in [5.74, 6) is 2.20. The third-order valence-corrected chi connectivity index (χ3v) is 10.3. The molecule has 0 heterocycles. The van der Waals surface area contributed by atoms with Gasteiger partial charge in [-0.1, -0.05) is 48.8 Å². The molecule has 0 radical (unpaired) electrons. The van der Waals surface area contributed by atoms with Crippen LogP contribution in [0.1, 0.15) is 75.8 Å². The Labute approximate surface area is 230 Å². The van der Waals surface area contributed by atoms with Gasteiger partial charge in [0.05, 0.1) is 18.4 Å². The summed E-state index contributed by atoms with van der Waals surface area (Å²) in [5.41, 5.74) is 6.12. The van der Waals surface area contributed by atoms with Crippen molar-refractivity contribution in [3.05, 3.63) is 58.2 Å². The van der Waals surface area contributed by atoms with E-state index in [4.69, 9.17) is 14.3 Å². The van der Waals surface area contributed by atoms with E-state index in [1.165, 1.54) is 16.7 Å². The van der Waals surface area contributed by atoms with Crippen molar-refractivity contribution in [2.75, 3.05) is 26.6 Å². The van der Waals surface area contributed by atoms with Crippen molar-refractivity contribution in [3.63, 3.8) is 0 Å². The topological polar surface area (TPSA) is 74.2 Å². The molecule has 4 aliphatic carbocycles. The number of hydrogen-bond donors (Lipinski definition) is 0. The summed E-state index contributed by atoms with van der Waals surface area (Å²) < 4.78 is 12.1. The molecule has 4 aliphatic rings. The Hall–Kier alpha value is -2.22. The molecule has 204 valence electrons. The molecule has 0 aliphatic heterocycles. The van der Waals surface area contributed by atoms with Crippen LogP contribution >= 0.6 is 11.8 Å².